The van der Waals surface area contributed by atoms with Gasteiger partial charge >= 0.3 is 0 Å². The van der Waals surface area contributed by atoms with E-state index in [1.807, 2.05) is 84.9 Å². The smallest absolute Gasteiger partial charge is 0.189 e. The molecule has 7 nitrogen and oxygen atoms in total. The second kappa shape index (κ2) is 17.4. The standard InChI is InChI=1S/C65H39N7/c1-67-50-31-33-54(62(40-50)72-58-27-14-12-25-52(58)56-38-48(30-35-60(56)72)44-19-7-3-8-20-44)65-69-63(45-21-9-4-10-22-45)68-64(70-65)53-32-28-49(46-23-15-16-42(36-46)41-66)39-61(53)71-57-26-13-11-24-51(57)55-37-47(29-34-59(55)71)43-17-5-2-6-18-43/h2-40H. The van der Waals surface area contributed by atoms with Gasteiger partial charge in [0.05, 0.1) is 46.0 Å². The first-order valence-corrected chi connectivity index (χ1v) is 23.8. The molecule has 0 radical (unpaired) electrons. The number of hydrogen-bond acceptors (Lipinski definition) is 4. The van der Waals surface area contributed by atoms with Crippen molar-refractivity contribution in [2.45, 2.75) is 0 Å². The maximum Gasteiger partial charge on any atom is 0.189 e. The van der Waals surface area contributed by atoms with Crippen molar-refractivity contribution in [2.75, 3.05) is 0 Å². The maximum atomic E-state index is 9.96. The summed E-state index contributed by atoms with van der Waals surface area (Å²) in [6.07, 6.45) is 0. The van der Waals surface area contributed by atoms with Crippen LogP contribution in [0.5, 0.6) is 0 Å². The van der Waals surface area contributed by atoms with Crippen molar-refractivity contribution in [1.82, 2.24) is 24.1 Å². The molecule has 0 fully saturated rings. The molecular weight excluding hydrogens is 879 g/mol. The van der Waals surface area contributed by atoms with E-state index in [9.17, 15) is 5.26 Å². The third-order valence-corrected chi connectivity index (χ3v) is 13.6. The maximum absolute atomic E-state index is 9.96. The van der Waals surface area contributed by atoms with Crippen LogP contribution in [-0.4, -0.2) is 24.1 Å². The average Bonchev–Trinajstić information content (AvgIpc) is 3.97. The highest BCUT2D eigenvalue weighted by Crippen LogP contribution is 2.42. The molecule has 0 saturated carbocycles. The molecule has 72 heavy (non-hydrogen) atoms. The van der Waals surface area contributed by atoms with Gasteiger partial charge in [-0.15, -0.1) is 0 Å². The number of nitriles is 1. The van der Waals surface area contributed by atoms with Crippen LogP contribution in [0, 0.1) is 17.9 Å². The lowest BCUT2D eigenvalue weighted by molar-refractivity contribution is 1.06. The Hall–Kier alpha value is -10.2. The SMILES string of the molecule is [C-]#[N+]c1ccc(-c2nc(-c3ccccc3)nc(-c3ccc(-c4cccc(C#N)c4)cc3-n3c4ccccc4c4cc(-c5ccccc5)ccc43)n2)c(-n2c3ccccc3c3cc(-c4ccccc4)ccc32)c1. The highest BCUT2D eigenvalue weighted by Gasteiger charge is 2.24. The van der Waals surface area contributed by atoms with Crippen LogP contribution in [0.25, 0.3) is 127 Å². The van der Waals surface area contributed by atoms with Crippen LogP contribution in [0.1, 0.15) is 5.56 Å². The van der Waals surface area contributed by atoms with Gasteiger partial charge in [-0.3, -0.25) is 0 Å². The van der Waals surface area contributed by atoms with Crippen LogP contribution in [-0.2, 0) is 0 Å². The highest BCUT2D eigenvalue weighted by molar-refractivity contribution is 6.12. The number of benzene rings is 10. The van der Waals surface area contributed by atoms with Gasteiger partial charge in [0, 0.05) is 43.9 Å². The van der Waals surface area contributed by atoms with Crippen molar-refractivity contribution >= 4 is 49.3 Å². The molecule has 0 saturated heterocycles. The summed E-state index contributed by atoms with van der Waals surface area (Å²) >= 11 is 0. The number of para-hydroxylation sites is 2. The molecule has 0 N–H and O–H groups in total. The van der Waals surface area contributed by atoms with Gasteiger partial charge in [0.1, 0.15) is 0 Å². The Morgan fingerprint density at radius 2 is 0.778 bits per heavy atom. The quantitative estimate of drug-likeness (QED) is 0.142. The fourth-order valence-electron chi connectivity index (χ4n) is 10.2. The van der Waals surface area contributed by atoms with E-state index in [1.54, 1.807) is 0 Å². The Morgan fingerprint density at radius 1 is 0.347 bits per heavy atom. The topological polar surface area (TPSA) is 76.7 Å². The summed E-state index contributed by atoms with van der Waals surface area (Å²) in [6, 6.07) is 83.3. The molecule has 0 aliphatic rings. The first kappa shape index (κ1) is 41.9. The highest BCUT2D eigenvalue weighted by atomic mass is 15.1. The van der Waals surface area contributed by atoms with Crippen LogP contribution in [0.15, 0.2) is 237 Å². The zero-order valence-corrected chi connectivity index (χ0v) is 38.6. The summed E-state index contributed by atoms with van der Waals surface area (Å²) in [5.41, 5.74) is 15.5. The van der Waals surface area contributed by atoms with Gasteiger partial charge < -0.3 is 9.13 Å². The number of hydrogen-bond donors (Lipinski definition) is 0. The van der Waals surface area contributed by atoms with Crippen molar-refractivity contribution in [1.29, 1.82) is 5.26 Å². The van der Waals surface area contributed by atoms with Crippen molar-refractivity contribution in [3.05, 3.63) is 254 Å². The molecule has 3 aromatic heterocycles. The number of rotatable bonds is 8. The molecule has 0 spiro atoms. The lowest BCUT2D eigenvalue weighted by Gasteiger charge is -2.18. The lowest BCUT2D eigenvalue weighted by atomic mass is 9.99. The van der Waals surface area contributed by atoms with Gasteiger partial charge in [0.25, 0.3) is 0 Å². The Bertz CT molecular complexity index is 4350. The third-order valence-electron chi connectivity index (χ3n) is 13.6. The minimum Gasteiger partial charge on any atom is -0.310 e. The van der Waals surface area contributed by atoms with E-state index >= 15 is 0 Å². The molecule has 3 heterocycles. The second-order valence-electron chi connectivity index (χ2n) is 17.8. The van der Waals surface area contributed by atoms with Gasteiger partial charge in [-0.25, -0.2) is 19.8 Å². The Kier molecular flexibility index (Phi) is 10.1. The molecule has 7 heteroatoms. The number of nitrogens with zero attached hydrogens (tertiary/aromatic N) is 7. The van der Waals surface area contributed by atoms with Crippen molar-refractivity contribution in [2.24, 2.45) is 0 Å². The molecule has 0 bridgehead atoms. The second-order valence-corrected chi connectivity index (χ2v) is 17.8. The van der Waals surface area contributed by atoms with Gasteiger partial charge in [-0.05, 0) is 100 Å². The summed E-state index contributed by atoms with van der Waals surface area (Å²) in [5.74, 6) is 1.45. The number of fused-ring (bicyclic) bond motifs is 6. The van der Waals surface area contributed by atoms with Gasteiger partial charge in [0.15, 0.2) is 23.2 Å². The fourth-order valence-corrected chi connectivity index (χ4v) is 10.2. The van der Waals surface area contributed by atoms with Crippen LogP contribution in [0.3, 0.4) is 0 Å². The normalized spacial score (nSPS) is 11.3. The minimum atomic E-state index is 0.462. The van der Waals surface area contributed by atoms with Crippen LogP contribution >= 0.6 is 0 Å². The van der Waals surface area contributed by atoms with Crippen LogP contribution < -0.4 is 0 Å². The van der Waals surface area contributed by atoms with E-state index in [4.69, 9.17) is 21.5 Å². The van der Waals surface area contributed by atoms with E-state index in [0.29, 0.717) is 28.7 Å². The zero-order chi connectivity index (χ0) is 48.1. The molecule has 334 valence electrons. The molecule has 0 atom stereocenters. The van der Waals surface area contributed by atoms with Crippen molar-refractivity contribution in [3.63, 3.8) is 0 Å². The monoisotopic (exact) mass is 917 g/mol. The molecule has 10 aromatic carbocycles. The van der Waals surface area contributed by atoms with E-state index in [-0.39, 0.29) is 0 Å². The summed E-state index contributed by atoms with van der Waals surface area (Å²) in [6.45, 7) is 8.20. The summed E-state index contributed by atoms with van der Waals surface area (Å²) in [4.78, 5) is 20.1. The zero-order valence-electron chi connectivity index (χ0n) is 38.6. The van der Waals surface area contributed by atoms with E-state index in [1.165, 1.54) is 0 Å². The van der Waals surface area contributed by atoms with E-state index in [2.05, 4.69) is 172 Å². The van der Waals surface area contributed by atoms with Gasteiger partial charge in [-0.1, -0.05) is 170 Å². The molecule has 0 unspecified atom stereocenters. The van der Waals surface area contributed by atoms with Crippen molar-refractivity contribution in [3.8, 4) is 85.0 Å². The molecule has 13 rings (SSSR count). The lowest BCUT2D eigenvalue weighted by Crippen LogP contribution is -2.05. The summed E-state index contributed by atoms with van der Waals surface area (Å²) < 4.78 is 4.56. The predicted octanol–water partition coefficient (Wildman–Crippen LogP) is 16.5. The largest absolute Gasteiger partial charge is 0.310 e. The third kappa shape index (κ3) is 7.17. The minimum absolute atomic E-state index is 0.462. The van der Waals surface area contributed by atoms with Crippen LogP contribution in [0.2, 0.25) is 0 Å². The summed E-state index contributed by atoms with van der Waals surface area (Å²) in [5, 5.41) is 14.4. The Balaban J connectivity index is 1.08. The first-order valence-electron chi connectivity index (χ1n) is 23.8. The van der Waals surface area contributed by atoms with Gasteiger partial charge in [0.2, 0.25) is 0 Å². The van der Waals surface area contributed by atoms with Crippen molar-refractivity contribution < 1.29 is 0 Å². The molecule has 13 aromatic rings. The molecule has 0 aliphatic heterocycles. The molecular formula is C65H39N7. The molecule has 0 amide bonds. The molecule has 0 aliphatic carbocycles. The fraction of sp³-hybridized carbons (Fsp3) is 0. The average molecular weight is 918 g/mol. The predicted molar refractivity (Wildman–Crippen MR) is 292 cm³/mol. The van der Waals surface area contributed by atoms with E-state index < -0.39 is 0 Å². The van der Waals surface area contributed by atoms with E-state index in [0.717, 1.165) is 105 Å². The summed E-state index contributed by atoms with van der Waals surface area (Å²) in [7, 11) is 0. The first-order chi connectivity index (χ1) is 35.6. The van der Waals surface area contributed by atoms with Crippen LogP contribution in [0.4, 0.5) is 5.69 Å². The number of aromatic nitrogens is 5. The Morgan fingerprint density at radius 3 is 1.33 bits per heavy atom. The Labute approximate surface area is 415 Å². The van der Waals surface area contributed by atoms with Gasteiger partial charge in [-0.2, -0.15) is 5.26 Å².